The molecule has 178 valence electrons. The summed E-state index contributed by atoms with van der Waals surface area (Å²) in [5.41, 5.74) is 1.92. The summed E-state index contributed by atoms with van der Waals surface area (Å²) in [6.45, 7) is 4.73. The van der Waals surface area contributed by atoms with Crippen LogP contribution in [-0.2, 0) is 9.47 Å². The number of amides is 1. The monoisotopic (exact) mass is 459 g/mol. The van der Waals surface area contributed by atoms with Gasteiger partial charge in [0.05, 0.1) is 36.1 Å². The van der Waals surface area contributed by atoms with Crippen LogP contribution in [0.2, 0.25) is 0 Å². The Balaban J connectivity index is 0.00000306. The van der Waals surface area contributed by atoms with E-state index in [0.29, 0.717) is 57.1 Å². The third-order valence-electron chi connectivity index (χ3n) is 6.04. The molecule has 8 nitrogen and oxygen atoms in total. The number of rotatable bonds is 7. The minimum atomic E-state index is -0.489. The van der Waals surface area contributed by atoms with Gasteiger partial charge in [0.1, 0.15) is 11.9 Å². The molecule has 2 aromatic carbocycles. The van der Waals surface area contributed by atoms with Crippen LogP contribution in [-0.4, -0.2) is 50.0 Å². The smallest absolute Gasteiger partial charge is 0.414 e. The zero-order chi connectivity index (χ0) is 22.7. The zero-order valence-corrected chi connectivity index (χ0v) is 17.9. The number of ether oxygens (including phenoxy) is 2. The summed E-state index contributed by atoms with van der Waals surface area (Å²) in [4.78, 5) is 26.4. The fraction of sp³-hybridized carbons (Fsp3) is 0.458. The van der Waals surface area contributed by atoms with Crippen molar-refractivity contribution in [2.24, 2.45) is 0 Å². The largest absolute Gasteiger partial charge is 0.444 e. The van der Waals surface area contributed by atoms with Gasteiger partial charge in [-0.1, -0.05) is 26.5 Å². The van der Waals surface area contributed by atoms with Gasteiger partial charge in [0.25, 0.3) is 5.69 Å². The number of non-ortho nitro benzene ring substituents is 1. The van der Waals surface area contributed by atoms with Gasteiger partial charge >= 0.3 is 6.09 Å². The molecule has 9 heteroatoms. The number of hydrogen-bond acceptors (Lipinski definition) is 6. The molecule has 0 radical (unpaired) electrons. The Hall–Kier alpha value is -3.20. The van der Waals surface area contributed by atoms with E-state index in [0.717, 1.165) is 5.56 Å². The molecule has 0 unspecified atom stereocenters. The van der Waals surface area contributed by atoms with Crippen molar-refractivity contribution >= 4 is 23.2 Å². The van der Waals surface area contributed by atoms with Crippen molar-refractivity contribution in [2.75, 3.05) is 42.6 Å². The fourth-order valence-electron chi connectivity index (χ4n) is 4.15. The lowest BCUT2D eigenvalue weighted by Gasteiger charge is -2.29. The maximum absolute atomic E-state index is 14.7. The molecule has 0 saturated carbocycles. The van der Waals surface area contributed by atoms with E-state index in [-0.39, 0.29) is 31.0 Å². The molecule has 1 amide bonds. The highest BCUT2D eigenvalue weighted by Crippen LogP contribution is 2.31. The van der Waals surface area contributed by atoms with Gasteiger partial charge in [-0.2, -0.15) is 0 Å². The number of halogens is 1. The van der Waals surface area contributed by atoms with Gasteiger partial charge in [0.2, 0.25) is 0 Å². The van der Waals surface area contributed by atoms with Gasteiger partial charge in [-0.3, -0.25) is 15.0 Å². The van der Waals surface area contributed by atoms with Crippen molar-refractivity contribution in [3.05, 3.63) is 64.0 Å². The molecule has 4 rings (SSSR count). The molecule has 2 aromatic rings. The van der Waals surface area contributed by atoms with Gasteiger partial charge in [0.15, 0.2) is 0 Å². The fourth-order valence-corrected chi connectivity index (χ4v) is 4.15. The molecule has 0 bridgehead atoms. The van der Waals surface area contributed by atoms with Crippen molar-refractivity contribution < 1.29 is 23.6 Å². The van der Waals surface area contributed by atoms with Gasteiger partial charge < -0.3 is 14.4 Å². The number of carbonyl (C=O) groups excluding carboxylic acids is 1. The van der Waals surface area contributed by atoms with Gasteiger partial charge in [-0.15, -0.1) is 0 Å². The van der Waals surface area contributed by atoms with E-state index >= 15 is 0 Å². The Bertz CT molecular complexity index is 996. The average Bonchev–Trinajstić information content (AvgIpc) is 3.18. The Morgan fingerprint density at radius 1 is 1.21 bits per heavy atom. The second kappa shape index (κ2) is 10.6. The van der Waals surface area contributed by atoms with Crippen LogP contribution in [0.1, 0.15) is 38.7 Å². The summed E-state index contributed by atoms with van der Waals surface area (Å²) < 4.78 is 25.5. The lowest BCUT2D eigenvalue weighted by Crippen LogP contribution is -2.36. The van der Waals surface area contributed by atoms with Crippen molar-refractivity contribution in [3.63, 3.8) is 0 Å². The third-order valence-corrected chi connectivity index (χ3v) is 6.04. The number of nitro groups is 1. The normalized spacial score (nSPS) is 19.1. The number of carbonyl (C=O) groups is 1. The summed E-state index contributed by atoms with van der Waals surface area (Å²) in [6.07, 6.45) is 0.514. The molecule has 2 aliphatic rings. The van der Waals surface area contributed by atoms with Crippen LogP contribution in [0.3, 0.4) is 0 Å². The summed E-state index contributed by atoms with van der Waals surface area (Å²) >= 11 is 0. The Morgan fingerprint density at radius 2 is 1.97 bits per heavy atom. The average molecular weight is 460 g/mol. The van der Waals surface area contributed by atoms with Crippen molar-refractivity contribution in [2.45, 2.75) is 39.2 Å². The maximum Gasteiger partial charge on any atom is 0.414 e. The molecule has 0 aromatic heterocycles. The molecule has 2 aliphatic heterocycles. The van der Waals surface area contributed by atoms with Gasteiger partial charge in [-0.25, -0.2) is 9.18 Å². The number of morpholine rings is 1. The Kier molecular flexibility index (Phi) is 7.86. The summed E-state index contributed by atoms with van der Waals surface area (Å²) in [5.74, 6) is -0.298. The van der Waals surface area contributed by atoms with Crippen molar-refractivity contribution in [3.8, 4) is 0 Å². The first-order valence-electron chi connectivity index (χ1n) is 10.8. The summed E-state index contributed by atoms with van der Waals surface area (Å²) in [5, 5.41) is 11.0. The van der Waals surface area contributed by atoms with Gasteiger partial charge in [-0.05, 0) is 42.5 Å². The first kappa shape index (κ1) is 24.4. The third kappa shape index (κ3) is 5.60. The number of cyclic esters (lactones) is 1. The molecule has 2 fully saturated rings. The number of benzene rings is 2. The lowest BCUT2D eigenvalue weighted by molar-refractivity contribution is -0.384. The van der Waals surface area contributed by atoms with Crippen LogP contribution in [0.4, 0.5) is 26.2 Å². The van der Waals surface area contributed by atoms with E-state index < -0.39 is 11.0 Å². The van der Waals surface area contributed by atoms with E-state index in [1.807, 2.05) is 17.9 Å². The minimum Gasteiger partial charge on any atom is -0.444 e. The van der Waals surface area contributed by atoms with Crippen LogP contribution in [0, 0.1) is 15.9 Å². The molecule has 2 atom stereocenters. The number of nitro benzene ring substituents is 1. The number of nitrogens with zero attached hydrogens (tertiary/aromatic N) is 3. The topological polar surface area (TPSA) is 85.2 Å². The second-order valence-corrected chi connectivity index (χ2v) is 8.18. The first-order valence-corrected chi connectivity index (χ1v) is 10.8. The lowest BCUT2D eigenvalue weighted by atomic mass is 9.94. The molecule has 2 heterocycles. The van der Waals surface area contributed by atoms with E-state index in [1.54, 1.807) is 24.3 Å². The van der Waals surface area contributed by atoms with Gasteiger partial charge in [0, 0.05) is 25.2 Å². The molecular formula is C24H30FN3O5. The van der Waals surface area contributed by atoms with Crippen molar-refractivity contribution in [1.29, 1.82) is 0 Å². The maximum atomic E-state index is 14.7. The highest BCUT2D eigenvalue weighted by molar-refractivity contribution is 5.90. The van der Waals surface area contributed by atoms with Crippen LogP contribution < -0.4 is 9.80 Å². The quantitative estimate of drug-likeness (QED) is 0.422. The Labute approximate surface area is 193 Å². The number of hydrogen-bond donors (Lipinski definition) is 0. The molecule has 2 saturated heterocycles. The highest BCUT2D eigenvalue weighted by Gasteiger charge is 2.33. The predicted octanol–water partition coefficient (Wildman–Crippen LogP) is 5.12. The minimum absolute atomic E-state index is 0. The molecular weight excluding hydrogens is 429 g/mol. The van der Waals surface area contributed by atoms with Crippen LogP contribution in [0.25, 0.3) is 0 Å². The predicted molar refractivity (Wildman–Crippen MR) is 125 cm³/mol. The van der Waals surface area contributed by atoms with Crippen LogP contribution >= 0.6 is 0 Å². The second-order valence-electron chi connectivity index (χ2n) is 8.18. The zero-order valence-electron chi connectivity index (χ0n) is 17.9. The SMILES string of the molecule is C.C[C@H](CC[C@@H]1CN(c2ccc(N3CCOCC3)c(F)c2)C(=O)O1)c1cccc([N+](=O)[O-])c1. The molecule has 0 spiro atoms. The Morgan fingerprint density at radius 3 is 2.67 bits per heavy atom. The number of anilines is 2. The van der Waals surface area contributed by atoms with E-state index in [2.05, 4.69) is 0 Å². The molecule has 0 aliphatic carbocycles. The van der Waals surface area contributed by atoms with Crippen LogP contribution in [0.15, 0.2) is 42.5 Å². The van der Waals surface area contributed by atoms with E-state index in [4.69, 9.17) is 9.47 Å². The highest BCUT2D eigenvalue weighted by atomic mass is 19.1. The van der Waals surface area contributed by atoms with Crippen LogP contribution in [0.5, 0.6) is 0 Å². The van der Waals surface area contributed by atoms with E-state index in [9.17, 15) is 19.3 Å². The standard InChI is InChI=1S/C23H26FN3O5.CH4/c1-16(17-3-2-4-19(13-17)27(29)30)5-7-20-15-26(23(28)32-20)18-6-8-22(21(24)14-18)25-9-11-31-12-10-25;/h2-4,6,8,13-14,16,20H,5,7,9-12,15H2,1H3;1H4/t16-,20-;/m1./s1. The van der Waals surface area contributed by atoms with Crippen molar-refractivity contribution in [1.82, 2.24) is 0 Å². The molecule has 0 N–H and O–H groups in total. The summed E-state index contributed by atoms with van der Waals surface area (Å²) in [7, 11) is 0. The van der Waals surface area contributed by atoms with E-state index in [1.165, 1.54) is 17.0 Å². The first-order chi connectivity index (χ1) is 15.4. The molecule has 33 heavy (non-hydrogen) atoms. The summed E-state index contributed by atoms with van der Waals surface area (Å²) in [6, 6.07) is 11.4.